The van der Waals surface area contributed by atoms with Crippen molar-refractivity contribution in [2.24, 2.45) is 0 Å². The molecule has 0 aromatic heterocycles. The van der Waals surface area contributed by atoms with Gasteiger partial charge in [0.15, 0.2) is 6.10 Å². The number of hydrogen-bond acceptors (Lipinski definition) is 14. The Morgan fingerprint density at radius 1 is 0.243 bits per heavy atom. The van der Waals surface area contributed by atoms with Gasteiger partial charge in [-0.25, -0.2) is 9.13 Å². The molecule has 0 radical (unpaired) electrons. The van der Waals surface area contributed by atoms with E-state index >= 15 is 0 Å². The van der Waals surface area contributed by atoms with E-state index in [-0.39, 0.29) is 19.3 Å². The summed E-state index contributed by atoms with van der Waals surface area (Å²) in [6, 6.07) is 0. The van der Waals surface area contributed by atoms with Gasteiger partial charge in [0, 0.05) is 19.3 Å². The molecular formula is C97H162O16P2. The summed E-state index contributed by atoms with van der Waals surface area (Å²) >= 11 is 0. The van der Waals surface area contributed by atoms with E-state index in [4.69, 9.17) is 32.3 Å². The van der Waals surface area contributed by atoms with Crippen LogP contribution in [0.1, 0.15) is 355 Å². The van der Waals surface area contributed by atoms with Crippen LogP contribution in [0.2, 0.25) is 0 Å². The Balaban J connectivity index is 4.58. The van der Waals surface area contributed by atoms with Gasteiger partial charge in [-0.1, -0.05) is 364 Å². The molecule has 0 spiro atoms. The topological polar surface area (TPSA) is 231 Å². The Hall–Kier alpha value is -5.35. The normalized spacial score (nSPS) is 14.7. The van der Waals surface area contributed by atoms with Crippen molar-refractivity contribution < 1.29 is 75.8 Å². The summed E-state index contributed by atoms with van der Waals surface area (Å²) in [6.45, 7) is 2.34. The molecule has 0 aliphatic heterocycles. The Kier molecular flexibility index (Phi) is 83.9. The van der Waals surface area contributed by atoms with Crippen LogP contribution >= 0.6 is 15.6 Å². The van der Waals surface area contributed by atoms with Crippen LogP contribution in [0.5, 0.6) is 0 Å². The lowest BCUT2D eigenvalue weighted by Gasteiger charge is -2.21. The van der Waals surface area contributed by atoms with E-state index in [1.165, 1.54) is 116 Å². The molecule has 16 nitrogen and oxygen atoms in total. The number of phosphoric ester groups is 2. The fraction of sp³-hybridized carbons (Fsp3) is 0.660. The number of aliphatic hydroxyl groups is 2. The second-order valence-corrected chi connectivity index (χ2v) is 32.5. The van der Waals surface area contributed by atoms with Gasteiger partial charge in [-0.15, -0.1) is 0 Å². The molecule has 0 heterocycles. The molecule has 5 atom stereocenters. The van der Waals surface area contributed by atoms with E-state index in [0.29, 0.717) is 19.3 Å². The third-order valence-electron chi connectivity index (χ3n) is 18.6. The number of carbonyl (C=O) groups excluding carboxylic acids is 3. The van der Waals surface area contributed by atoms with E-state index < -0.39 is 91.5 Å². The van der Waals surface area contributed by atoms with E-state index in [9.17, 15) is 43.5 Å². The minimum Gasteiger partial charge on any atom is -0.463 e. The Morgan fingerprint density at radius 3 is 0.687 bits per heavy atom. The van der Waals surface area contributed by atoms with E-state index in [0.717, 1.165) is 180 Å². The van der Waals surface area contributed by atoms with E-state index in [1.807, 2.05) is 0 Å². The molecule has 0 aliphatic carbocycles. The SMILES string of the molecule is CC/C=C\C/C=C\C/C=C\C/C=C\C/C=C\CCCCCCCCCCCCCCCCCCCC(=O)OCC(O)COP(=O)(O)OCC(O)COP(=O)(O)OCC(COC(=O)CCCCCCCCCCC/C=C\C/C=C\C/C=C\C/C=C\C/C=C\CC)OC(=O)CCCCCCC/C=C\C/C=C\C/C=C\C/C=C\C/C=C\CC. The first-order valence-electron chi connectivity index (χ1n) is 45.1. The first-order valence-corrected chi connectivity index (χ1v) is 48.1. The molecular weight excluding hydrogens is 1480 g/mol. The van der Waals surface area contributed by atoms with Crippen LogP contribution in [-0.2, 0) is 55.8 Å². The van der Waals surface area contributed by atoms with Gasteiger partial charge in [0.05, 0.1) is 26.4 Å². The number of rotatable bonds is 84. The van der Waals surface area contributed by atoms with E-state index in [2.05, 4.69) is 203 Å². The number of hydrogen-bond donors (Lipinski definition) is 4. The molecule has 656 valence electrons. The second kappa shape index (κ2) is 87.9. The van der Waals surface area contributed by atoms with Crippen LogP contribution in [0.4, 0.5) is 0 Å². The van der Waals surface area contributed by atoms with Crippen molar-refractivity contribution in [3.8, 4) is 0 Å². The van der Waals surface area contributed by atoms with Gasteiger partial charge in [-0.05, 0) is 154 Å². The lowest BCUT2D eigenvalue weighted by atomic mass is 10.0. The standard InChI is InChI=1S/C97H162O16P2/c1-4-7-10-13-16-19-22-25-28-31-34-37-39-41-42-43-44-45-46-47-48-50-52-54-56-59-62-65-68-71-74-77-80-83-95(100)107-86-92(98)87-109-114(103,104)110-88-93(99)89-111-115(105,106)112-91-94(113-97(102)85-82-79-76-73-70-67-64-61-58-53-36-33-30-27-24-21-18-15-12-9-6-3)90-108-96(101)84-81-78-75-72-69-66-63-60-57-55-51-49-40-38-35-32-29-26-23-20-17-14-11-8-5-2/h7-12,16-21,25-30,34-38,41-42,49,51,53,61,64,92-94,98-99H,4-6,13-15,22-24,31-33,39-40,43-48,50,52,54-60,62-63,65-91H2,1-3H3,(H,103,104)(H,105,106)/b10-7-,11-8-,12-9-,19-16-,20-17-,21-18-,28-25-,29-26-,30-27-,37-34-,38-35-,42-41-,51-49-,53-36-,64-61-. The number of ether oxygens (including phenoxy) is 3. The predicted molar refractivity (Wildman–Crippen MR) is 481 cm³/mol. The van der Waals surface area contributed by atoms with Gasteiger partial charge < -0.3 is 34.2 Å². The molecule has 0 saturated carbocycles. The molecule has 0 saturated heterocycles. The zero-order valence-corrected chi connectivity index (χ0v) is 73.9. The Bertz CT molecular complexity index is 2820. The van der Waals surface area contributed by atoms with Crippen LogP contribution in [0, 0.1) is 0 Å². The molecule has 0 amide bonds. The van der Waals surface area contributed by atoms with Crippen molar-refractivity contribution in [2.45, 2.75) is 373 Å². The first kappa shape index (κ1) is 110. The lowest BCUT2D eigenvalue weighted by molar-refractivity contribution is -0.161. The van der Waals surface area contributed by atoms with Crippen LogP contribution in [-0.4, -0.2) is 95.9 Å². The summed E-state index contributed by atoms with van der Waals surface area (Å²) in [5.74, 6) is -1.60. The zero-order valence-electron chi connectivity index (χ0n) is 72.1. The maximum absolute atomic E-state index is 13.0. The predicted octanol–water partition coefficient (Wildman–Crippen LogP) is 27.7. The third-order valence-corrected chi connectivity index (χ3v) is 20.5. The smallest absolute Gasteiger partial charge is 0.463 e. The van der Waals surface area contributed by atoms with Crippen molar-refractivity contribution in [2.75, 3.05) is 39.6 Å². The quantitative estimate of drug-likeness (QED) is 0.0146. The molecule has 0 aromatic rings. The number of allylic oxidation sites excluding steroid dienone is 30. The van der Waals surface area contributed by atoms with Crippen molar-refractivity contribution in [3.05, 3.63) is 182 Å². The minimum absolute atomic E-state index is 0.0754. The average Bonchev–Trinajstić information content (AvgIpc) is 0.902. The summed E-state index contributed by atoms with van der Waals surface area (Å²) in [5.41, 5.74) is 0. The van der Waals surface area contributed by atoms with Crippen molar-refractivity contribution in [1.29, 1.82) is 0 Å². The number of unbranched alkanes of at least 4 members (excludes halogenated alkanes) is 31. The van der Waals surface area contributed by atoms with Gasteiger partial charge in [-0.3, -0.25) is 32.5 Å². The van der Waals surface area contributed by atoms with Crippen molar-refractivity contribution in [3.63, 3.8) is 0 Å². The highest BCUT2D eigenvalue weighted by molar-refractivity contribution is 7.47. The minimum atomic E-state index is -4.95. The summed E-state index contributed by atoms with van der Waals surface area (Å²) in [7, 11) is -9.82. The van der Waals surface area contributed by atoms with E-state index in [1.54, 1.807) is 0 Å². The van der Waals surface area contributed by atoms with Crippen LogP contribution in [0.15, 0.2) is 182 Å². The summed E-state index contributed by atoms with van der Waals surface area (Å²) in [4.78, 5) is 59.0. The van der Waals surface area contributed by atoms with Crippen LogP contribution in [0.3, 0.4) is 0 Å². The maximum atomic E-state index is 13.0. The third kappa shape index (κ3) is 89.3. The zero-order chi connectivity index (χ0) is 83.6. The lowest BCUT2D eigenvalue weighted by Crippen LogP contribution is -2.30. The number of esters is 3. The molecule has 18 heteroatoms. The van der Waals surface area contributed by atoms with Gasteiger partial charge in [0.1, 0.15) is 25.4 Å². The molecule has 0 bridgehead atoms. The monoisotopic (exact) mass is 1650 g/mol. The molecule has 4 N–H and O–H groups in total. The molecule has 0 aliphatic rings. The fourth-order valence-corrected chi connectivity index (χ4v) is 13.5. The second-order valence-electron chi connectivity index (χ2n) is 29.6. The maximum Gasteiger partial charge on any atom is 0.472 e. The van der Waals surface area contributed by atoms with Crippen molar-refractivity contribution in [1.82, 2.24) is 0 Å². The van der Waals surface area contributed by atoms with Gasteiger partial charge >= 0.3 is 33.6 Å². The molecule has 5 unspecified atom stereocenters. The average molecular weight is 1650 g/mol. The highest BCUT2D eigenvalue weighted by atomic mass is 31.2. The molecule has 0 fully saturated rings. The van der Waals surface area contributed by atoms with Crippen LogP contribution in [0.25, 0.3) is 0 Å². The Morgan fingerprint density at radius 2 is 0.435 bits per heavy atom. The van der Waals surface area contributed by atoms with Crippen LogP contribution < -0.4 is 0 Å². The van der Waals surface area contributed by atoms with Gasteiger partial charge in [-0.2, -0.15) is 0 Å². The van der Waals surface area contributed by atoms with Crippen molar-refractivity contribution >= 4 is 33.6 Å². The Labute approximate surface area is 700 Å². The first-order chi connectivity index (χ1) is 56.2. The highest BCUT2D eigenvalue weighted by Gasteiger charge is 2.29. The largest absolute Gasteiger partial charge is 0.472 e. The van der Waals surface area contributed by atoms with Gasteiger partial charge in [0.25, 0.3) is 0 Å². The fourth-order valence-electron chi connectivity index (χ4n) is 11.9. The number of phosphoric acid groups is 2. The molecule has 115 heavy (non-hydrogen) atoms. The summed E-state index contributed by atoms with van der Waals surface area (Å²) in [6.07, 6.45) is 115. The molecule has 0 aromatic carbocycles. The highest BCUT2D eigenvalue weighted by Crippen LogP contribution is 2.45. The number of carbonyl (C=O) groups is 3. The molecule has 0 rings (SSSR count). The summed E-state index contributed by atoms with van der Waals surface area (Å²) < 4.78 is 61.4. The summed E-state index contributed by atoms with van der Waals surface area (Å²) in [5, 5.41) is 20.7. The van der Waals surface area contributed by atoms with Gasteiger partial charge in [0.2, 0.25) is 0 Å². The number of aliphatic hydroxyl groups excluding tert-OH is 2.